The number of nitrogens with zero attached hydrogens (tertiary/aromatic N) is 1. The first-order valence-corrected chi connectivity index (χ1v) is 7.67. The van der Waals surface area contributed by atoms with Gasteiger partial charge in [0, 0.05) is 11.0 Å². The number of benzene rings is 1. The van der Waals surface area contributed by atoms with Gasteiger partial charge in [0.05, 0.1) is 19.6 Å². The molecule has 21 heavy (non-hydrogen) atoms. The Kier molecular flexibility index (Phi) is 7.82. The van der Waals surface area contributed by atoms with Gasteiger partial charge >= 0.3 is 5.97 Å². The first kappa shape index (κ1) is 17.5. The largest absolute Gasteiger partial charge is 0.493 e. The predicted molar refractivity (Wildman–Crippen MR) is 83.1 cm³/mol. The zero-order chi connectivity index (χ0) is 15.7. The molecule has 0 bridgehead atoms. The third kappa shape index (κ3) is 6.62. The van der Waals surface area contributed by atoms with E-state index in [9.17, 15) is 9.59 Å². The molecule has 116 valence electrons. The standard InChI is InChI=1S/C15H20BrNO4/c1-3-17(11-15(19)20-4-2)14(18)8-9-21-13-7-5-6-12(16)10-13/h5-7,10H,3-4,8-9,11H2,1-2H3. The zero-order valence-corrected chi connectivity index (χ0v) is 13.9. The van der Waals surface area contributed by atoms with Crippen LogP contribution in [-0.4, -0.2) is 43.1 Å². The topological polar surface area (TPSA) is 55.8 Å². The quantitative estimate of drug-likeness (QED) is 0.671. The third-order valence-corrected chi connectivity index (χ3v) is 3.23. The molecule has 6 heteroatoms. The fourth-order valence-electron chi connectivity index (χ4n) is 1.71. The van der Waals surface area contributed by atoms with E-state index in [4.69, 9.17) is 9.47 Å². The molecule has 1 rings (SSSR count). The molecule has 0 aliphatic carbocycles. The first-order valence-electron chi connectivity index (χ1n) is 6.88. The molecule has 1 aromatic carbocycles. The molecule has 1 amide bonds. The van der Waals surface area contributed by atoms with Crippen LogP contribution in [0.5, 0.6) is 5.75 Å². The molecular weight excluding hydrogens is 338 g/mol. The summed E-state index contributed by atoms with van der Waals surface area (Å²) in [6, 6.07) is 7.42. The summed E-state index contributed by atoms with van der Waals surface area (Å²) in [5.74, 6) is 0.187. The predicted octanol–water partition coefficient (Wildman–Crippen LogP) is 2.63. The van der Waals surface area contributed by atoms with E-state index in [1.165, 1.54) is 4.90 Å². The minimum Gasteiger partial charge on any atom is -0.493 e. The van der Waals surface area contributed by atoms with Crippen molar-refractivity contribution in [2.45, 2.75) is 20.3 Å². The molecular formula is C15H20BrNO4. The molecule has 0 atom stereocenters. The van der Waals surface area contributed by atoms with Crippen molar-refractivity contribution < 1.29 is 19.1 Å². The number of carbonyl (C=O) groups is 2. The van der Waals surface area contributed by atoms with Gasteiger partial charge in [-0.3, -0.25) is 9.59 Å². The van der Waals surface area contributed by atoms with Crippen molar-refractivity contribution in [3.05, 3.63) is 28.7 Å². The van der Waals surface area contributed by atoms with Crippen LogP contribution >= 0.6 is 15.9 Å². The van der Waals surface area contributed by atoms with E-state index in [1.807, 2.05) is 31.2 Å². The monoisotopic (exact) mass is 357 g/mol. The van der Waals surface area contributed by atoms with E-state index in [0.29, 0.717) is 18.9 Å². The van der Waals surface area contributed by atoms with Gasteiger partial charge in [-0.2, -0.15) is 0 Å². The Hall–Kier alpha value is -1.56. The molecule has 0 aliphatic heterocycles. The van der Waals surface area contributed by atoms with Gasteiger partial charge < -0.3 is 14.4 Å². The molecule has 5 nitrogen and oxygen atoms in total. The van der Waals surface area contributed by atoms with Crippen LogP contribution in [0.1, 0.15) is 20.3 Å². The van der Waals surface area contributed by atoms with Gasteiger partial charge in [-0.1, -0.05) is 22.0 Å². The SMILES string of the molecule is CCOC(=O)CN(CC)C(=O)CCOc1cccc(Br)c1. The van der Waals surface area contributed by atoms with Gasteiger partial charge in [0.15, 0.2) is 0 Å². The summed E-state index contributed by atoms with van der Waals surface area (Å²) >= 11 is 3.35. The van der Waals surface area contributed by atoms with Crippen LogP contribution in [0.15, 0.2) is 28.7 Å². The van der Waals surface area contributed by atoms with Gasteiger partial charge in [-0.15, -0.1) is 0 Å². The van der Waals surface area contributed by atoms with E-state index in [1.54, 1.807) is 6.92 Å². The maximum absolute atomic E-state index is 12.0. The lowest BCUT2D eigenvalue weighted by molar-refractivity contribution is -0.149. The van der Waals surface area contributed by atoms with E-state index in [0.717, 1.165) is 4.47 Å². The van der Waals surface area contributed by atoms with Crippen molar-refractivity contribution in [2.75, 3.05) is 26.3 Å². The molecule has 0 heterocycles. The fraction of sp³-hybridized carbons (Fsp3) is 0.467. The Balaban J connectivity index is 2.38. The second kappa shape index (κ2) is 9.39. The highest BCUT2D eigenvalue weighted by Gasteiger charge is 2.16. The number of ether oxygens (including phenoxy) is 2. The number of hydrogen-bond donors (Lipinski definition) is 0. The number of esters is 1. The Morgan fingerprint density at radius 3 is 2.67 bits per heavy atom. The highest BCUT2D eigenvalue weighted by Crippen LogP contribution is 2.17. The lowest BCUT2D eigenvalue weighted by Crippen LogP contribution is -2.36. The molecule has 0 spiro atoms. The molecule has 0 saturated heterocycles. The number of hydrogen-bond acceptors (Lipinski definition) is 4. The van der Waals surface area contributed by atoms with E-state index in [-0.39, 0.29) is 31.4 Å². The highest BCUT2D eigenvalue weighted by atomic mass is 79.9. The first-order chi connectivity index (χ1) is 10.1. The summed E-state index contributed by atoms with van der Waals surface area (Å²) in [6.45, 7) is 4.61. The average Bonchev–Trinajstić information content (AvgIpc) is 2.45. The molecule has 0 N–H and O–H groups in total. The van der Waals surface area contributed by atoms with Crippen LogP contribution in [0.4, 0.5) is 0 Å². The van der Waals surface area contributed by atoms with Crippen molar-refractivity contribution >= 4 is 27.8 Å². The Labute approximate surface area is 133 Å². The minimum atomic E-state index is -0.388. The zero-order valence-electron chi connectivity index (χ0n) is 12.3. The Morgan fingerprint density at radius 2 is 2.05 bits per heavy atom. The summed E-state index contributed by atoms with van der Waals surface area (Å²) in [5, 5.41) is 0. The van der Waals surface area contributed by atoms with Crippen molar-refractivity contribution in [1.29, 1.82) is 0 Å². The normalized spacial score (nSPS) is 10.0. The maximum Gasteiger partial charge on any atom is 0.325 e. The van der Waals surface area contributed by atoms with Crippen molar-refractivity contribution in [3.63, 3.8) is 0 Å². The average molecular weight is 358 g/mol. The summed E-state index contributed by atoms with van der Waals surface area (Å²) < 4.78 is 11.3. The molecule has 0 saturated carbocycles. The van der Waals surface area contributed by atoms with Crippen molar-refractivity contribution in [3.8, 4) is 5.75 Å². The third-order valence-electron chi connectivity index (χ3n) is 2.74. The summed E-state index contributed by atoms with van der Waals surface area (Å²) in [6.07, 6.45) is 0.222. The van der Waals surface area contributed by atoms with Crippen LogP contribution in [0.25, 0.3) is 0 Å². The maximum atomic E-state index is 12.0. The second-order valence-electron chi connectivity index (χ2n) is 4.27. The van der Waals surface area contributed by atoms with E-state index in [2.05, 4.69) is 15.9 Å². The van der Waals surface area contributed by atoms with Crippen molar-refractivity contribution in [1.82, 2.24) is 4.90 Å². The van der Waals surface area contributed by atoms with Crippen LogP contribution in [0.2, 0.25) is 0 Å². The molecule has 1 aromatic rings. The lowest BCUT2D eigenvalue weighted by Gasteiger charge is -2.19. The van der Waals surface area contributed by atoms with Crippen LogP contribution in [0, 0.1) is 0 Å². The van der Waals surface area contributed by atoms with Crippen LogP contribution in [0.3, 0.4) is 0 Å². The highest BCUT2D eigenvalue weighted by molar-refractivity contribution is 9.10. The smallest absolute Gasteiger partial charge is 0.325 e. The summed E-state index contributed by atoms with van der Waals surface area (Å²) in [4.78, 5) is 24.9. The molecule has 0 unspecified atom stereocenters. The Bertz CT molecular complexity index is 478. The lowest BCUT2D eigenvalue weighted by atomic mass is 10.3. The molecule has 0 aliphatic rings. The van der Waals surface area contributed by atoms with Crippen LogP contribution < -0.4 is 4.74 Å². The van der Waals surface area contributed by atoms with E-state index >= 15 is 0 Å². The number of amides is 1. The number of halogens is 1. The van der Waals surface area contributed by atoms with E-state index < -0.39 is 0 Å². The second-order valence-corrected chi connectivity index (χ2v) is 5.18. The van der Waals surface area contributed by atoms with Crippen LogP contribution in [-0.2, 0) is 14.3 Å². The molecule has 0 fully saturated rings. The summed E-state index contributed by atoms with van der Waals surface area (Å²) in [7, 11) is 0. The molecule has 0 aromatic heterocycles. The Morgan fingerprint density at radius 1 is 1.29 bits per heavy atom. The number of likely N-dealkylation sites (N-methyl/N-ethyl adjacent to an activating group) is 1. The fourth-order valence-corrected chi connectivity index (χ4v) is 2.09. The van der Waals surface area contributed by atoms with Crippen molar-refractivity contribution in [2.24, 2.45) is 0 Å². The molecule has 0 radical (unpaired) electrons. The van der Waals surface area contributed by atoms with Gasteiger partial charge in [-0.25, -0.2) is 0 Å². The minimum absolute atomic E-state index is 0.0138. The van der Waals surface area contributed by atoms with Gasteiger partial charge in [0.25, 0.3) is 0 Å². The van der Waals surface area contributed by atoms with Gasteiger partial charge in [0.2, 0.25) is 5.91 Å². The number of carbonyl (C=O) groups excluding carboxylic acids is 2. The van der Waals surface area contributed by atoms with Gasteiger partial charge in [0.1, 0.15) is 12.3 Å². The van der Waals surface area contributed by atoms with Gasteiger partial charge in [-0.05, 0) is 32.0 Å². The summed E-state index contributed by atoms with van der Waals surface area (Å²) in [5.41, 5.74) is 0. The number of rotatable bonds is 8.